The van der Waals surface area contributed by atoms with Gasteiger partial charge in [-0.15, -0.1) is 0 Å². The molecule has 2 rings (SSSR count). The highest BCUT2D eigenvalue weighted by Gasteiger charge is 2.32. The minimum Gasteiger partial charge on any atom is -0.397 e. The molecule has 0 heterocycles. The Labute approximate surface area is 93.4 Å². The SMILES string of the molecule is CC1CC1Nc1cc(Cl)c(Cl)cc1N. The van der Waals surface area contributed by atoms with Crippen molar-refractivity contribution in [2.45, 2.75) is 19.4 Å². The molecule has 1 aromatic rings. The summed E-state index contributed by atoms with van der Waals surface area (Å²) in [7, 11) is 0. The van der Waals surface area contributed by atoms with Crippen LogP contribution in [0.15, 0.2) is 12.1 Å². The topological polar surface area (TPSA) is 38.0 Å². The van der Waals surface area contributed by atoms with Crippen LogP contribution in [0.2, 0.25) is 10.0 Å². The van der Waals surface area contributed by atoms with Gasteiger partial charge in [0.25, 0.3) is 0 Å². The number of nitrogen functional groups attached to an aromatic ring is 1. The lowest BCUT2D eigenvalue weighted by Gasteiger charge is -2.09. The number of rotatable bonds is 2. The Hall–Kier alpha value is -0.600. The Morgan fingerprint density at radius 1 is 1.36 bits per heavy atom. The van der Waals surface area contributed by atoms with Crippen LogP contribution < -0.4 is 11.1 Å². The van der Waals surface area contributed by atoms with Gasteiger partial charge in [-0.1, -0.05) is 30.1 Å². The van der Waals surface area contributed by atoms with E-state index in [1.54, 1.807) is 12.1 Å². The molecule has 1 aromatic carbocycles. The summed E-state index contributed by atoms with van der Waals surface area (Å²) in [5, 5.41) is 4.37. The molecule has 14 heavy (non-hydrogen) atoms. The summed E-state index contributed by atoms with van der Waals surface area (Å²) >= 11 is 11.7. The molecule has 0 radical (unpaired) electrons. The maximum Gasteiger partial charge on any atom is 0.0614 e. The van der Waals surface area contributed by atoms with Crippen LogP contribution in [0.3, 0.4) is 0 Å². The summed E-state index contributed by atoms with van der Waals surface area (Å²) in [5.41, 5.74) is 7.34. The summed E-state index contributed by atoms with van der Waals surface area (Å²) in [6, 6.07) is 4.00. The lowest BCUT2D eigenvalue weighted by atomic mass is 10.2. The first-order chi connectivity index (χ1) is 6.58. The van der Waals surface area contributed by atoms with Crippen LogP contribution in [0, 0.1) is 5.92 Å². The van der Waals surface area contributed by atoms with Crippen molar-refractivity contribution < 1.29 is 0 Å². The molecule has 0 saturated heterocycles. The number of nitrogens with two attached hydrogens (primary N) is 1. The first kappa shape index (κ1) is 9.94. The molecule has 2 unspecified atom stereocenters. The predicted octanol–water partition coefficient (Wildman–Crippen LogP) is 3.40. The van der Waals surface area contributed by atoms with Crippen molar-refractivity contribution in [3.63, 3.8) is 0 Å². The van der Waals surface area contributed by atoms with E-state index in [1.807, 2.05) is 0 Å². The number of halogens is 2. The number of nitrogens with one attached hydrogen (secondary N) is 1. The van der Waals surface area contributed by atoms with E-state index >= 15 is 0 Å². The van der Waals surface area contributed by atoms with Crippen LogP contribution in [0.5, 0.6) is 0 Å². The second-order valence-corrected chi connectivity index (χ2v) is 4.63. The number of anilines is 2. The molecule has 0 aromatic heterocycles. The summed E-state index contributed by atoms with van der Waals surface area (Å²) in [6.45, 7) is 2.20. The third-order valence-corrected chi connectivity index (χ3v) is 3.26. The fourth-order valence-corrected chi connectivity index (χ4v) is 1.75. The summed E-state index contributed by atoms with van der Waals surface area (Å²) < 4.78 is 0. The summed E-state index contributed by atoms with van der Waals surface area (Å²) in [4.78, 5) is 0. The van der Waals surface area contributed by atoms with E-state index in [2.05, 4.69) is 12.2 Å². The summed E-state index contributed by atoms with van der Waals surface area (Å²) in [6.07, 6.45) is 1.19. The van der Waals surface area contributed by atoms with Gasteiger partial charge in [-0.05, 0) is 24.5 Å². The molecule has 0 bridgehead atoms. The molecule has 4 heteroatoms. The normalized spacial score (nSPS) is 24.8. The van der Waals surface area contributed by atoms with Crippen LogP contribution in [0.25, 0.3) is 0 Å². The van der Waals surface area contributed by atoms with Crippen LogP contribution in [0.1, 0.15) is 13.3 Å². The number of hydrogen-bond acceptors (Lipinski definition) is 2. The standard InChI is InChI=1S/C10H12Cl2N2/c1-5-2-9(5)14-10-4-7(12)6(11)3-8(10)13/h3-5,9,14H,2,13H2,1H3. The van der Waals surface area contributed by atoms with E-state index in [0.29, 0.717) is 21.8 Å². The van der Waals surface area contributed by atoms with Crippen molar-refractivity contribution in [2.24, 2.45) is 5.92 Å². The van der Waals surface area contributed by atoms with Gasteiger partial charge in [-0.2, -0.15) is 0 Å². The highest BCUT2D eigenvalue weighted by atomic mass is 35.5. The predicted molar refractivity (Wildman–Crippen MR) is 62.1 cm³/mol. The molecular formula is C10H12Cl2N2. The molecule has 2 atom stereocenters. The minimum absolute atomic E-state index is 0.499. The van der Waals surface area contributed by atoms with Gasteiger partial charge in [0.05, 0.1) is 21.4 Å². The van der Waals surface area contributed by atoms with Crippen LogP contribution >= 0.6 is 23.2 Å². The van der Waals surface area contributed by atoms with Crippen LogP contribution in [0.4, 0.5) is 11.4 Å². The molecule has 1 aliphatic carbocycles. The fourth-order valence-electron chi connectivity index (χ4n) is 1.41. The monoisotopic (exact) mass is 230 g/mol. The molecule has 0 aliphatic heterocycles. The third kappa shape index (κ3) is 1.91. The summed E-state index contributed by atoms with van der Waals surface area (Å²) in [5.74, 6) is 0.726. The third-order valence-electron chi connectivity index (χ3n) is 2.54. The maximum atomic E-state index is 5.90. The highest BCUT2D eigenvalue weighted by Crippen LogP contribution is 2.37. The first-order valence-electron chi connectivity index (χ1n) is 4.59. The van der Waals surface area contributed by atoms with Gasteiger partial charge in [0, 0.05) is 6.04 Å². The molecule has 0 amide bonds. The zero-order chi connectivity index (χ0) is 10.3. The van der Waals surface area contributed by atoms with E-state index in [0.717, 1.165) is 11.6 Å². The lowest BCUT2D eigenvalue weighted by molar-refractivity contribution is 0.930. The Kier molecular flexibility index (Phi) is 2.50. The second kappa shape index (κ2) is 3.52. The number of benzene rings is 1. The smallest absolute Gasteiger partial charge is 0.0614 e. The molecule has 2 nitrogen and oxygen atoms in total. The van der Waals surface area contributed by atoms with Gasteiger partial charge in [0.15, 0.2) is 0 Å². The van der Waals surface area contributed by atoms with Crippen molar-refractivity contribution in [3.05, 3.63) is 22.2 Å². The molecule has 3 N–H and O–H groups in total. The number of hydrogen-bond donors (Lipinski definition) is 2. The second-order valence-electron chi connectivity index (χ2n) is 3.82. The highest BCUT2D eigenvalue weighted by molar-refractivity contribution is 6.42. The van der Waals surface area contributed by atoms with E-state index in [4.69, 9.17) is 28.9 Å². The zero-order valence-electron chi connectivity index (χ0n) is 7.85. The zero-order valence-corrected chi connectivity index (χ0v) is 9.36. The molecule has 1 fully saturated rings. The van der Waals surface area contributed by atoms with Gasteiger partial charge < -0.3 is 11.1 Å². The van der Waals surface area contributed by atoms with Crippen LogP contribution in [-0.2, 0) is 0 Å². The first-order valence-corrected chi connectivity index (χ1v) is 5.34. The fraction of sp³-hybridized carbons (Fsp3) is 0.400. The Morgan fingerprint density at radius 3 is 2.50 bits per heavy atom. The van der Waals surface area contributed by atoms with Crippen molar-refractivity contribution in [2.75, 3.05) is 11.1 Å². The van der Waals surface area contributed by atoms with Crippen molar-refractivity contribution >= 4 is 34.6 Å². The van der Waals surface area contributed by atoms with Crippen molar-refractivity contribution in [3.8, 4) is 0 Å². The van der Waals surface area contributed by atoms with E-state index < -0.39 is 0 Å². The maximum absolute atomic E-state index is 5.90. The van der Waals surface area contributed by atoms with E-state index in [9.17, 15) is 0 Å². The van der Waals surface area contributed by atoms with Gasteiger partial charge in [0.1, 0.15) is 0 Å². The van der Waals surface area contributed by atoms with Gasteiger partial charge in [0.2, 0.25) is 0 Å². The average molecular weight is 231 g/mol. The van der Waals surface area contributed by atoms with E-state index in [1.165, 1.54) is 6.42 Å². The van der Waals surface area contributed by atoms with Crippen molar-refractivity contribution in [1.29, 1.82) is 0 Å². The average Bonchev–Trinajstić information content (AvgIpc) is 2.78. The molecule has 1 saturated carbocycles. The van der Waals surface area contributed by atoms with Gasteiger partial charge in [-0.25, -0.2) is 0 Å². The lowest BCUT2D eigenvalue weighted by Crippen LogP contribution is -2.05. The Balaban J connectivity index is 2.20. The molecule has 1 aliphatic rings. The van der Waals surface area contributed by atoms with Crippen molar-refractivity contribution in [1.82, 2.24) is 0 Å². The quantitative estimate of drug-likeness (QED) is 0.765. The Bertz CT molecular complexity index is 365. The van der Waals surface area contributed by atoms with Gasteiger partial charge >= 0.3 is 0 Å². The van der Waals surface area contributed by atoms with Crippen LogP contribution in [-0.4, -0.2) is 6.04 Å². The van der Waals surface area contributed by atoms with Gasteiger partial charge in [-0.3, -0.25) is 0 Å². The van der Waals surface area contributed by atoms with E-state index in [-0.39, 0.29) is 0 Å². The molecule has 0 spiro atoms. The Morgan fingerprint density at radius 2 is 1.93 bits per heavy atom. The molecule has 76 valence electrons. The largest absolute Gasteiger partial charge is 0.397 e. The molecular weight excluding hydrogens is 219 g/mol. The minimum atomic E-state index is 0.499.